The van der Waals surface area contributed by atoms with Crippen LogP contribution in [0.25, 0.3) is 0 Å². The topological polar surface area (TPSA) is 141 Å². The second-order valence-electron chi connectivity index (χ2n) is 8.12. The minimum absolute atomic E-state index is 0.0239. The number of alkyl carbamates (subject to hydrolysis) is 2. The average Bonchev–Trinajstić information content (AvgIpc) is 2.75. The van der Waals surface area contributed by atoms with Crippen molar-refractivity contribution in [2.24, 2.45) is 0 Å². The van der Waals surface area contributed by atoms with Gasteiger partial charge in [0, 0.05) is 6.54 Å². The third-order valence-corrected chi connectivity index (χ3v) is 5.87. The van der Waals surface area contributed by atoms with E-state index >= 15 is 0 Å². The van der Waals surface area contributed by atoms with Crippen LogP contribution in [0.4, 0.5) is 9.59 Å². The highest BCUT2D eigenvalue weighted by molar-refractivity contribution is 7.53. The standard InChI is InChI=1S/C22H36N3O8P/c1-6-31-34(29,32-7-2)16-24-19(26)18(25-21(28)33-22(3,4)5)13-14-23-20(27)30-15-17-11-9-8-10-12-17/h8-12,18H,6-7,13-16H2,1-5H3,(H,23,27)(H,24,26)(H,25,28). The van der Waals surface area contributed by atoms with Crippen molar-refractivity contribution in [3.8, 4) is 0 Å². The van der Waals surface area contributed by atoms with E-state index in [1.54, 1.807) is 34.6 Å². The minimum atomic E-state index is -3.53. The van der Waals surface area contributed by atoms with Gasteiger partial charge in [-0.15, -0.1) is 0 Å². The second kappa shape index (κ2) is 14.6. The third kappa shape index (κ3) is 12.6. The van der Waals surface area contributed by atoms with Gasteiger partial charge in [0.25, 0.3) is 0 Å². The fourth-order valence-electron chi connectivity index (χ4n) is 2.63. The normalized spacial score (nSPS) is 12.4. The van der Waals surface area contributed by atoms with Crippen LogP contribution < -0.4 is 16.0 Å². The van der Waals surface area contributed by atoms with E-state index in [9.17, 15) is 18.9 Å². The van der Waals surface area contributed by atoms with Crippen LogP contribution in [-0.2, 0) is 34.5 Å². The maximum Gasteiger partial charge on any atom is 0.408 e. The Kier molecular flexibility index (Phi) is 12.6. The summed E-state index contributed by atoms with van der Waals surface area (Å²) in [6.45, 7) is 8.77. The molecule has 1 unspecified atom stereocenters. The van der Waals surface area contributed by atoms with E-state index in [-0.39, 0.29) is 39.1 Å². The number of ether oxygens (including phenoxy) is 2. The van der Waals surface area contributed by atoms with Gasteiger partial charge in [0.2, 0.25) is 5.91 Å². The number of amides is 3. The lowest BCUT2D eigenvalue weighted by Crippen LogP contribution is -2.49. The zero-order valence-electron chi connectivity index (χ0n) is 20.4. The first-order valence-electron chi connectivity index (χ1n) is 11.1. The quantitative estimate of drug-likeness (QED) is 0.349. The SMILES string of the molecule is CCOP(=O)(CNC(=O)C(CCNC(=O)OCc1ccccc1)NC(=O)OC(C)(C)C)OCC. The maximum absolute atomic E-state index is 12.7. The molecule has 1 aromatic rings. The highest BCUT2D eigenvalue weighted by Gasteiger charge is 2.28. The Hall–Kier alpha value is -2.62. The summed E-state index contributed by atoms with van der Waals surface area (Å²) in [7, 11) is -3.53. The zero-order chi connectivity index (χ0) is 25.6. The molecule has 0 bridgehead atoms. The van der Waals surface area contributed by atoms with Crippen molar-refractivity contribution in [1.29, 1.82) is 0 Å². The molecule has 0 aliphatic carbocycles. The number of benzene rings is 1. The van der Waals surface area contributed by atoms with Crippen molar-refractivity contribution >= 4 is 25.7 Å². The predicted molar refractivity (Wildman–Crippen MR) is 126 cm³/mol. The summed E-state index contributed by atoms with van der Waals surface area (Å²) in [4.78, 5) is 36.9. The molecule has 11 nitrogen and oxygen atoms in total. The van der Waals surface area contributed by atoms with Crippen molar-refractivity contribution < 1.29 is 37.5 Å². The van der Waals surface area contributed by atoms with Crippen LogP contribution in [0.3, 0.4) is 0 Å². The van der Waals surface area contributed by atoms with Gasteiger partial charge in [-0.1, -0.05) is 30.3 Å². The van der Waals surface area contributed by atoms with Gasteiger partial charge in [-0.2, -0.15) is 0 Å². The number of hydrogen-bond acceptors (Lipinski definition) is 8. The first-order chi connectivity index (χ1) is 16.0. The average molecular weight is 502 g/mol. The first kappa shape index (κ1) is 29.4. The monoisotopic (exact) mass is 501 g/mol. The predicted octanol–water partition coefficient (Wildman–Crippen LogP) is 3.54. The number of nitrogens with one attached hydrogen (secondary N) is 3. The lowest BCUT2D eigenvalue weighted by Gasteiger charge is -2.24. The molecule has 0 spiro atoms. The largest absolute Gasteiger partial charge is 0.445 e. The van der Waals surface area contributed by atoms with Gasteiger partial charge < -0.3 is 34.5 Å². The summed E-state index contributed by atoms with van der Waals surface area (Å²) >= 11 is 0. The Labute approximate surface area is 200 Å². The summed E-state index contributed by atoms with van der Waals surface area (Å²) in [5.41, 5.74) is 0.0547. The Bertz CT molecular complexity index is 819. The number of carbonyl (C=O) groups excluding carboxylic acids is 3. The highest BCUT2D eigenvalue weighted by atomic mass is 31.2. The van der Waals surface area contributed by atoms with Gasteiger partial charge >= 0.3 is 19.8 Å². The first-order valence-corrected chi connectivity index (χ1v) is 12.8. The minimum Gasteiger partial charge on any atom is -0.445 e. The molecule has 3 N–H and O–H groups in total. The number of carbonyl (C=O) groups is 3. The van der Waals surface area contributed by atoms with E-state index in [2.05, 4.69) is 16.0 Å². The molecular formula is C22H36N3O8P. The number of hydrogen-bond donors (Lipinski definition) is 3. The molecular weight excluding hydrogens is 465 g/mol. The Morgan fingerprint density at radius 2 is 1.59 bits per heavy atom. The molecule has 34 heavy (non-hydrogen) atoms. The van der Waals surface area contributed by atoms with Crippen LogP contribution in [0.2, 0.25) is 0 Å². The lowest BCUT2D eigenvalue weighted by molar-refractivity contribution is -0.123. The molecule has 0 saturated carbocycles. The van der Waals surface area contributed by atoms with Crippen LogP contribution in [0, 0.1) is 0 Å². The van der Waals surface area contributed by atoms with E-state index in [4.69, 9.17) is 18.5 Å². The Morgan fingerprint density at radius 1 is 0.971 bits per heavy atom. The lowest BCUT2D eigenvalue weighted by atomic mass is 10.2. The Balaban J connectivity index is 2.67. The van der Waals surface area contributed by atoms with Gasteiger partial charge in [0.05, 0.1) is 13.2 Å². The highest BCUT2D eigenvalue weighted by Crippen LogP contribution is 2.46. The van der Waals surface area contributed by atoms with Crippen molar-refractivity contribution in [2.45, 2.75) is 59.3 Å². The molecule has 12 heteroatoms. The molecule has 3 amide bonds. The molecule has 0 aliphatic heterocycles. The fraction of sp³-hybridized carbons (Fsp3) is 0.591. The molecule has 0 aromatic heterocycles. The molecule has 0 saturated heterocycles. The van der Waals surface area contributed by atoms with E-state index in [1.807, 2.05) is 30.3 Å². The van der Waals surface area contributed by atoms with Crippen LogP contribution in [0.15, 0.2) is 30.3 Å². The molecule has 0 radical (unpaired) electrons. The van der Waals surface area contributed by atoms with Crippen molar-refractivity contribution in [3.63, 3.8) is 0 Å². The van der Waals surface area contributed by atoms with Crippen LogP contribution >= 0.6 is 7.60 Å². The van der Waals surface area contributed by atoms with Gasteiger partial charge in [-0.05, 0) is 46.6 Å². The third-order valence-electron chi connectivity index (χ3n) is 4.02. The van der Waals surface area contributed by atoms with Gasteiger partial charge in [0.15, 0.2) is 0 Å². The Morgan fingerprint density at radius 3 is 2.15 bits per heavy atom. The van der Waals surface area contributed by atoms with Gasteiger partial charge in [-0.3, -0.25) is 9.36 Å². The van der Waals surface area contributed by atoms with Crippen molar-refractivity contribution in [2.75, 3.05) is 26.0 Å². The molecule has 0 aliphatic rings. The molecule has 1 aromatic carbocycles. The molecule has 1 rings (SSSR count). The summed E-state index contributed by atoms with van der Waals surface area (Å²) in [6.07, 6.45) is -1.82. The van der Waals surface area contributed by atoms with E-state index in [0.29, 0.717) is 0 Å². The maximum atomic E-state index is 12.7. The molecule has 192 valence electrons. The second-order valence-corrected chi connectivity index (χ2v) is 10.2. The van der Waals surface area contributed by atoms with E-state index in [0.717, 1.165) is 5.56 Å². The summed E-state index contributed by atoms with van der Waals surface area (Å²) in [5, 5.41) is 7.48. The smallest absolute Gasteiger partial charge is 0.408 e. The van der Waals surface area contributed by atoms with Gasteiger partial charge in [-0.25, -0.2) is 9.59 Å². The van der Waals surface area contributed by atoms with E-state index in [1.165, 1.54) is 0 Å². The van der Waals surface area contributed by atoms with Crippen LogP contribution in [-0.4, -0.2) is 55.8 Å². The zero-order valence-corrected chi connectivity index (χ0v) is 21.3. The van der Waals surface area contributed by atoms with Crippen LogP contribution in [0.1, 0.15) is 46.6 Å². The number of rotatable bonds is 13. The van der Waals surface area contributed by atoms with Gasteiger partial charge in [0.1, 0.15) is 24.5 Å². The summed E-state index contributed by atoms with van der Waals surface area (Å²) in [6, 6.07) is 8.08. The van der Waals surface area contributed by atoms with Crippen molar-refractivity contribution in [1.82, 2.24) is 16.0 Å². The summed E-state index contributed by atoms with van der Waals surface area (Å²) < 4.78 is 33.2. The molecule has 1 atom stereocenters. The van der Waals surface area contributed by atoms with Crippen LogP contribution in [0.5, 0.6) is 0 Å². The summed E-state index contributed by atoms with van der Waals surface area (Å²) in [5.74, 6) is -0.634. The van der Waals surface area contributed by atoms with Crippen molar-refractivity contribution in [3.05, 3.63) is 35.9 Å². The molecule has 0 heterocycles. The fourth-order valence-corrected chi connectivity index (χ4v) is 4.02. The van der Waals surface area contributed by atoms with E-state index < -0.39 is 37.3 Å². The molecule has 0 fully saturated rings.